The summed E-state index contributed by atoms with van der Waals surface area (Å²) in [5.74, 6) is 0.224. The Balaban J connectivity index is 1.85. The highest BCUT2D eigenvalue weighted by molar-refractivity contribution is 6.31. The summed E-state index contributed by atoms with van der Waals surface area (Å²) in [6.45, 7) is 3.05. The largest absolute Gasteiger partial charge is 0.368 e. The van der Waals surface area contributed by atoms with Crippen molar-refractivity contribution in [3.63, 3.8) is 0 Å². The Hall–Kier alpha value is -2.90. The van der Waals surface area contributed by atoms with Crippen molar-refractivity contribution in [3.05, 3.63) is 65.1 Å². The minimum atomic E-state index is -0.535. The smallest absolute Gasteiger partial charge is 0.322 e. The van der Waals surface area contributed by atoms with Crippen molar-refractivity contribution in [2.75, 3.05) is 30.8 Å². The maximum atomic E-state index is 13.3. The second kappa shape index (κ2) is 9.07. The Morgan fingerprint density at radius 3 is 2.69 bits per heavy atom. The monoisotopic (exact) mass is 415 g/mol. The van der Waals surface area contributed by atoms with Crippen molar-refractivity contribution in [3.8, 4) is 0 Å². The lowest BCUT2D eigenvalue weighted by molar-refractivity contribution is 0.208. The Bertz CT molecular complexity index is 1030. The average Bonchev–Trinajstić information content (AvgIpc) is 2.73. The number of halogens is 2. The first-order valence-corrected chi connectivity index (χ1v) is 9.60. The van der Waals surface area contributed by atoms with E-state index in [1.807, 2.05) is 31.2 Å². The molecular formula is C21H23ClFN5O. The lowest BCUT2D eigenvalue weighted by Crippen LogP contribution is -2.33. The molecule has 0 saturated carbocycles. The van der Waals surface area contributed by atoms with Crippen LogP contribution in [0.5, 0.6) is 0 Å². The molecule has 0 unspecified atom stereocenters. The van der Waals surface area contributed by atoms with E-state index in [9.17, 15) is 9.18 Å². The molecule has 0 aliphatic carbocycles. The van der Waals surface area contributed by atoms with Gasteiger partial charge in [0.25, 0.3) is 0 Å². The number of rotatable bonds is 6. The van der Waals surface area contributed by atoms with E-state index >= 15 is 0 Å². The van der Waals surface area contributed by atoms with E-state index in [1.54, 1.807) is 18.1 Å². The van der Waals surface area contributed by atoms with Crippen LogP contribution >= 0.6 is 11.6 Å². The molecule has 0 spiro atoms. The number of carbonyl (C=O) groups excluding carboxylic acids is 1. The average molecular weight is 416 g/mol. The Kier molecular flexibility index (Phi) is 6.51. The lowest BCUT2D eigenvalue weighted by atomic mass is 10.0. The van der Waals surface area contributed by atoms with Gasteiger partial charge in [0.1, 0.15) is 11.6 Å². The number of benzene rings is 2. The first-order chi connectivity index (χ1) is 13.9. The zero-order chi connectivity index (χ0) is 21.0. The molecule has 0 fully saturated rings. The summed E-state index contributed by atoms with van der Waals surface area (Å²) in [5.41, 5.74) is 6.91. The highest BCUT2D eigenvalue weighted by atomic mass is 35.5. The third-order valence-corrected chi connectivity index (χ3v) is 5.07. The summed E-state index contributed by atoms with van der Waals surface area (Å²) >= 11 is 5.79. The number of hydrogen-bond donors (Lipinski definition) is 3. The molecule has 1 heterocycles. The zero-order valence-corrected chi connectivity index (χ0v) is 17.0. The fourth-order valence-electron chi connectivity index (χ4n) is 3.05. The molecule has 4 N–H and O–H groups in total. The van der Waals surface area contributed by atoms with Crippen LogP contribution in [0.2, 0.25) is 5.02 Å². The maximum absolute atomic E-state index is 13.3. The molecule has 1 atom stereocenters. The summed E-state index contributed by atoms with van der Waals surface area (Å²) in [6, 6.07) is 11.3. The van der Waals surface area contributed by atoms with Crippen molar-refractivity contribution >= 4 is 39.9 Å². The van der Waals surface area contributed by atoms with Gasteiger partial charge in [-0.25, -0.2) is 14.2 Å². The van der Waals surface area contributed by atoms with Gasteiger partial charge in [-0.3, -0.25) is 0 Å². The molecule has 2 aromatic carbocycles. The number of aromatic nitrogens is 1. The van der Waals surface area contributed by atoms with Crippen molar-refractivity contribution < 1.29 is 9.18 Å². The van der Waals surface area contributed by atoms with E-state index in [2.05, 4.69) is 15.6 Å². The standard InChI is InChI=1S/C21H23ClFN5O/c1-13(28(2)21(29)27-14-7-8-19(23)18(22)11-14)17-12-26-20(25-10-9-24)16-6-4-3-5-15(16)17/h3-8,11-13H,9-10,24H2,1-2H3,(H,25,26)(H,27,29)/t13-/m0/s1. The van der Waals surface area contributed by atoms with Gasteiger partial charge in [-0.1, -0.05) is 35.9 Å². The van der Waals surface area contributed by atoms with Crippen LogP contribution in [0, 0.1) is 5.82 Å². The SMILES string of the molecule is C[C@@H](c1cnc(NCCN)c2ccccc12)N(C)C(=O)Nc1ccc(F)c(Cl)c1. The van der Waals surface area contributed by atoms with E-state index in [4.69, 9.17) is 17.3 Å². The summed E-state index contributed by atoms with van der Waals surface area (Å²) in [4.78, 5) is 18.8. The molecule has 0 saturated heterocycles. The molecule has 3 rings (SSSR count). The number of carbonyl (C=O) groups is 1. The highest BCUT2D eigenvalue weighted by Gasteiger charge is 2.21. The number of fused-ring (bicyclic) bond motifs is 1. The number of nitrogens with zero attached hydrogens (tertiary/aromatic N) is 2. The topological polar surface area (TPSA) is 83.3 Å². The number of nitrogens with one attached hydrogen (secondary N) is 2. The van der Waals surface area contributed by atoms with E-state index in [0.29, 0.717) is 18.8 Å². The molecular weight excluding hydrogens is 393 g/mol. The van der Waals surface area contributed by atoms with Crippen LogP contribution in [0.4, 0.5) is 20.7 Å². The van der Waals surface area contributed by atoms with Crippen LogP contribution < -0.4 is 16.4 Å². The molecule has 0 bridgehead atoms. The van der Waals surface area contributed by atoms with Crippen LogP contribution in [-0.4, -0.2) is 36.1 Å². The summed E-state index contributed by atoms with van der Waals surface area (Å²) in [6.07, 6.45) is 1.77. The number of hydrogen-bond acceptors (Lipinski definition) is 4. The Labute approximate surface area is 173 Å². The van der Waals surface area contributed by atoms with Crippen molar-refractivity contribution in [2.45, 2.75) is 13.0 Å². The van der Waals surface area contributed by atoms with Gasteiger partial charge in [0.05, 0.1) is 11.1 Å². The van der Waals surface area contributed by atoms with Crippen molar-refractivity contribution in [1.29, 1.82) is 0 Å². The molecule has 29 heavy (non-hydrogen) atoms. The first-order valence-electron chi connectivity index (χ1n) is 9.22. The van der Waals surface area contributed by atoms with Crippen LogP contribution in [0.15, 0.2) is 48.7 Å². The lowest BCUT2D eigenvalue weighted by Gasteiger charge is -2.27. The highest BCUT2D eigenvalue weighted by Crippen LogP contribution is 2.31. The Morgan fingerprint density at radius 1 is 1.28 bits per heavy atom. The molecule has 8 heteroatoms. The zero-order valence-electron chi connectivity index (χ0n) is 16.2. The fourth-order valence-corrected chi connectivity index (χ4v) is 3.23. The molecule has 0 aliphatic rings. The van der Waals surface area contributed by atoms with Gasteiger partial charge in [-0.05, 0) is 30.5 Å². The van der Waals surface area contributed by atoms with E-state index < -0.39 is 5.82 Å². The number of pyridine rings is 1. The van der Waals surface area contributed by atoms with Gasteiger partial charge in [0.15, 0.2) is 0 Å². The summed E-state index contributed by atoms with van der Waals surface area (Å²) < 4.78 is 13.3. The molecule has 3 aromatic rings. The third kappa shape index (κ3) is 4.58. The molecule has 1 aromatic heterocycles. The number of urea groups is 1. The molecule has 2 amide bonds. The van der Waals surface area contributed by atoms with Gasteiger partial charge in [-0.15, -0.1) is 0 Å². The van der Waals surface area contributed by atoms with E-state index in [-0.39, 0.29) is 17.1 Å². The van der Waals surface area contributed by atoms with Crippen molar-refractivity contribution in [1.82, 2.24) is 9.88 Å². The van der Waals surface area contributed by atoms with E-state index in [0.717, 1.165) is 22.2 Å². The van der Waals surface area contributed by atoms with Gasteiger partial charge in [-0.2, -0.15) is 0 Å². The second-order valence-corrected chi connectivity index (χ2v) is 7.08. The number of nitrogens with two attached hydrogens (primary N) is 1. The van der Waals surface area contributed by atoms with E-state index in [1.165, 1.54) is 18.2 Å². The molecule has 152 valence electrons. The minimum absolute atomic E-state index is 0.0470. The van der Waals surface area contributed by atoms with Crippen LogP contribution in [-0.2, 0) is 0 Å². The van der Waals surface area contributed by atoms with Gasteiger partial charge < -0.3 is 21.3 Å². The second-order valence-electron chi connectivity index (χ2n) is 6.67. The predicted molar refractivity (Wildman–Crippen MR) is 116 cm³/mol. The summed E-state index contributed by atoms with van der Waals surface area (Å²) in [5, 5.41) is 7.88. The Morgan fingerprint density at radius 2 is 2.00 bits per heavy atom. The third-order valence-electron chi connectivity index (χ3n) is 4.78. The normalized spacial score (nSPS) is 11.9. The quantitative estimate of drug-likeness (QED) is 0.548. The summed E-state index contributed by atoms with van der Waals surface area (Å²) in [7, 11) is 1.69. The van der Waals surface area contributed by atoms with Crippen LogP contribution in [0.25, 0.3) is 10.8 Å². The van der Waals surface area contributed by atoms with Gasteiger partial charge in [0.2, 0.25) is 0 Å². The van der Waals surface area contributed by atoms with Crippen LogP contribution in [0.3, 0.4) is 0 Å². The molecule has 0 radical (unpaired) electrons. The van der Waals surface area contributed by atoms with Crippen molar-refractivity contribution in [2.24, 2.45) is 5.73 Å². The first kappa shape index (κ1) is 20.8. The molecule has 6 nitrogen and oxygen atoms in total. The van der Waals surface area contributed by atoms with Gasteiger partial charge >= 0.3 is 6.03 Å². The van der Waals surface area contributed by atoms with Gasteiger partial charge in [0, 0.05) is 43.0 Å². The fraction of sp³-hybridized carbons (Fsp3) is 0.238. The minimum Gasteiger partial charge on any atom is -0.368 e. The van der Waals surface area contributed by atoms with Crippen LogP contribution in [0.1, 0.15) is 18.5 Å². The molecule has 0 aliphatic heterocycles. The predicted octanol–water partition coefficient (Wildman–Crippen LogP) is 4.62. The number of anilines is 2. The number of amides is 2. The maximum Gasteiger partial charge on any atom is 0.322 e.